The average molecular weight is 215 g/mol. The molecule has 0 aromatic heterocycles. The zero-order chi connectivity index (χ0) is 10.9. The van der Waals surface area contributed by atoms with Gasteiger partial charge in [-0.3, -0.25) is 4.79 Å². The van der Waals surface area contributed by atoms with Gasteiger partial charge in [0.05, 0.1) is 5.41 Å². The Morgan fingerprint density at radius 1 is 1.43 bits per heavy atom. The van der Waals surface area contributed by atoms with E-state index < -0.39 is 11.2 Å². The molecule has 0 radical (unpaired) electrons. The monoisotopic (exact) mass is 214 g/mol. The summed E-state index contributed by atoms with van der Waals surface area (Å²) in [5.41, 5.74) is -0.413. The van der Waals surface area contributed by atoms with Crippen LogP contribution in [0.4, 0.5) is 4.39 Å². The van der Waals surface area contributed by atoms with Gasteiger partial charge >= 0.3 is 0 Å². The zero-order valence-electron chi connectivity index (χ0n) is 8.40. The highest BCUT2D eigenvalue weighted by Crippen LogP contribution is 2.28. The number of rotatable bonds is 2. The molecule has 0 aliphatic heterocycles. The van der Waals surface area contributed by atoms with Crippen LogP contribution in [0.1, 0.15) is 26.3 Å². The van der Waals surface area contributed by atoms with Crippen LogP contribution in [0.2, 0.25) is 5.02 Å². The molecule has 0 N–H and O–H groups in total. The minimum absolute atomic E-state index is 0.0706. The first-order valence-electron chi connectivity index (χ1n) is 4.32. The van der Waals surface area contributed by atoms with Gasteiger partial charge in [-0.15, -0.1) is 0 Å². The van der Waals surface area contributed by atoms with Crippen LogP contribution in [0.5, 0.6) is 0 Å². The van der Waals surface area contributed by atoms with Crippen molar-refractivity contribution in [3.05, 3.63) is 34.6 Å². The van der Waals surface area contributed by atoms with Crippen LogP contribution >= 0.6 is 11.6 Å². The van der Waals surface area contributed by atoms with E-state index in [-0.39, 0.29) is 5.78 Å². The molecule has 1 aromatic rings. The highest BCUT2D eigenvalue weighted by molar-refractivity contribution is 6.30. The second-order valence-electron chi connectivity index (χ2n) is 3.81. The van der Waals surface area contributed by atoms with Crippen LogP contribution in [0.25, 0.3) is 0 Å². The van der Waals surface area contributed by atoms with Crippen LogP contribution < -0.4 is 0 Å². The van der Waals surface area contributed by atoms with Gasteiger partial charge in [0.2, 0.25) is 0 Å². The summed E-state index contributed by atoms with van der Waals surface area (Å²) in [6, 6.07) is 4.37. The predicted octanol–water partition coefficient (Wildman–Crippen LogP) is 3.35. The first kappa shape index (κ1) is 11.2. The Bertz CT molecular complexity index is 372. The van der Waals surface area contributed by atoms with Crippen LogP contribution in [0.3, 0.4) is 0 Å². The lowest BCUT2D eigenvalue weighted by Gasteiger charge is -2.22. The van der Waals surface area contributed by atoms with E-state index >= 15 is 0 Å². The van der Waals surface area contributed by atoms with Crippen molar-refractivity contribution in [2.75, 3.05) is 0 Å². The van der Waals surface area contributed by atoms with Crippen molar-refractivity contribution in [3.8, 4) is 0 Å². The molecule has 0 aliphatic carbocycles. The van der Waals surface area contributed by atoms with Gasteiger partial charge in [-0.05, 0) is 32.9 Å². The van der Waals surface area contributed by atoms with E-state index in [9.17, 15) is 9.18 Å². The minimum Gasteiger partial charge on any atom is -0.299 e. The third-order valence-electron chi connectivity index (χ3n) is 2.48. The molecule has 0 saturated heterocycles. The summed E-state index contributed by atoms with van der Waals surface area (Å²) in [4.78, 5) is 11.3. The third kappa shape index (κ3) is 1.95. The standard InChI is InChI=1S/C11H12ClFO/c1-7(14)11(2,3)9-5-4-8(12)6-10(9)13/h4-6H,1-3H3. The number of ketones is 1. The van der Waals surface area contributed by atoms with E-state index in [1.165, 1.54) is 13.0 Å². The topological polar surface area (TPSA) is 17.1 Å². The van der Waals surface area contributed by atoms with Crippen molar-refractivity contribution in [3.63, 3.8) is 0 Å². The Hall–Kier alpha value is -0.890. The quantitative estimate of drug-likeness (QED) is 0.738. The number of hydrogen-bond acceptors (Lipinski definition) is 1. The Labute approximate surface area is 87.9 Å². The van der Waals surface area contributed by atoms with E-state index in [1.807, 2.05) is 0 Å². The number of carbonyl (C=O) groups excluding carboxylic acids is 1. The second-order valence-corrected chi connectivity index (χ2v) is 4.24. The summed E-state index contributed by atoms with van der Waals surface area (Å²) >= 11 is 5.62. The van der Waals surface area contributed by atoms with Crippen molar-refractivity contribution in [2.45, 2.75) is 26.2 Å². The smallest absolute Gasteiger partial charge is 0.139 e. The highest BCUT2D eigenvalue weighted by atomic mass is 35.5. The second kappa shape index (κ2) is 3.70. The highest BCUT2D eigenvalue weighted by Gasteiger charge is 2.28. The number of Topliss-reactive ketones (excluding diaryl/α,β-unsaturated/α-hetero) is 1. The van der Waals surface area contributed by atoms with E-state index in [2.05, 4.69) is 0 Å². The van der Waals surface area contributed by atoms with Gasteiger partial charge in [-0.2, -0.15) is 0 Å². The maximum Gasteiger partial charge on any atom is 0.139 e. The lowest BCUT2D eigenvalue weighted by atomic mass is 9.81. The summed E-state index contributed by atoms with van der Waals surface area (Å²) in [6.45, 7) is 4.84. The predicted molar refractivity (Wildman–Crippen MR) is 55.1 cm³/mol. The van der Waals surface area contributed by atoms with Gasteiger partial charge in [-0.25, -0.2) is 4.39 Å². The van der Waals surface area contributed by atoms with Gasteiger partial charge in [0.1, 0.15) is 11.6 Å². The van der Waals surface area contributed by atoms with Gasteiger partial charge in [0, 0.05) is 10.6 Å². The molecule has 0 spiro atoms. The molecule has 0 heterocycles. The SMILES string of the molecule is CC(=O)C(C)(C)c1ccc(Cl)cc1F. The summed E-state index contributed by atoms with van der Waals surface area (Å²) in [5.74, 6) is -0.503. The Morgan fingerprint density at radius 3 is 2.43 bits per heavy atom. The van der Waals surface area contributed by atoms with Gasteiger partial charge in [0.25, 0.3) is 0 Å². The van der Waals surface area contributed by atoms with Gasteiger partial charge in [0.15, 0.2) is 0 Å². The first-order chi connectivity index (χ1) is 6.35. The largest absolute Gasteiger partial charge is 0.299 e. The van der Waals surface area contributed by atoms with E-state index in [4.69, 9.17) is 11.6 Å². The lowest BCUT2D eigenvalue weighted by Crippen LogP contribution is -2.27. The fourth-order valence-corrected chi connectivity index (χ4v) is 1.34. The summed E-state index contributed by atoms with van der Waals surface area (Å²) in [6.07, 6.45) is 0. The van der Waals surface area contributed by atoms with E-state index in [0.29, 0.717) is 10.6 Å². The van der Waals surface area contributed by atoms with Crippen molar-refractivity contribution in [1.82, 2.24) is 0 Å². The van der Waals surface area contributed by atoms with Crippen molar-refractivity contribution in [2.24, 2.45) is 0 Å². The van der Waals surface area contributed by atoms with Crippen molar-refractivity contribution >= 4 is 17.4 Å². The number of halogens is 2. The number of carbonyl (C=O) groups is 1. The summed E-state index contributed by atoms with van der Waals surface area (Å²) < 4.78 is 13.5. The van der Waals surface area contributed by atoms with Crippen molar-refractivity contribution in [1.29, 1.82) is 0 Å². The van der Waals surface area contributed by atoms with Crippen LogP contribution in [-0.2, 0) is 10.2 Å². The molecule has 1 rings (SSSR count). The summed E-state index contributed by atoms with van der Waals surface area (Å²) in [5, 5.41) is 0.339. The van der Waals surface area contributed by atoms with Gasteiger partial charge in [-0.1, -0.05) is 17.7 Å². The van der Waals surface area contributed by atoms with Gasteiger partial charge < -0.3 is 0 Å². The fourth-order valence-electron chi connectivity index (χ4n) is 1.19. The van der Waals surface area contributed by atoms with Crippen LogP contribution in [0, 0.1) is 5.82 Å². The van der Waals surface area contributed by atoms with Crippen molar-refractivity contribution < 1.29 is 9.18 Å². The molecule has 0 atom stereocenters. The number of hydrogen-bond donors (Lipinski definition) is 0. The van der Waals surface area contributed by atoms with Crippen LogP contribution in [-0.4, -0.2) is 5.78 Å². The Morgan fingerprint density at radius 2 is 2.00 bits per heavy atom. The minimum atomic E-state index is -0.797. The van der Waals surface area contributed by atoms with E-state index in [1.54, 1.807) is 26.0 Å². The molecular formula is C11H12ClFO. The molecule has 14 heavy (non-hydrogen) atoms. The molecule has 1 nitrogen and oxygen atoms in total. The zero-order valence-corrected chi connectivity index (χ0v) is 9.15. The average Bonchev–Trinajstić information content (AvgIpc) is 2.02. The molecule has 0 unspecified atom stereocenters. The molecule has 0 saturated carbocycles. The molecule has 0 aliphatic rings. The molecule has 3 heteroatoms. The first-order valence-corrected chi connectivity index (χ1v) is 4.70. The maximum absolute atomic E-state index is 13.5. The molecule has 0 bridgehead atoms. The molecule has 0 fully saturated rings. The van der Waals surface area contributed by atoms with E-state index in [0.717, 1.165) is 0 Å². The van der Waals surface area contributed by atoms with Crippen LogP contribution in [0.15, 0.2) is 18.2 Å². The third-order valence-corrected chi connectivity index (χ3v) is 2.72. The molecule has 1 aromatic carbocycles. The maximum atomic E-state index is 13.5. The summed E-state index contributed by atoms with van der Waals surface area (Å²) in [7, 11) is 0. The fraction of sp³-hybridized carbons (Fsp3) is 0.364. The lowest BCUT2D eigenvalue weighted by molar-refractivity contribution is -0.121. The normalized spacial score (nSPS) is 11.5. The Kier molecular flexibility index (Phi) is 2.95. The molecule has 0 amide bonds. The molecule has 76 valence electrons. The Balaban J connectivity index is 3.26. The molecular weight excluding hydrogens is 203 g/mol. The number of benzene rings is 1.